The van der Waals surface area contributed by atoms with Crippen LogP contribution < -0.4 is 15.0 Å². The Kier molecular flexibility index (Phi) is 3.95. The van der Waals surface area contributed by atoms with Crippen molar-refractivity contribution in [3.05, 3.63) is 24.3 Å². The van der Waals surface area contributed by atoms with Crippen molar-refractivity contribution in [2.24, 2.45) is 0 Å². The van der Waals surface area contributed by atoms with Gasteiger partial charge in [0.25, 0.3) is 5.91 Å². The summed E-state index contributed by atoms with van der Waals surface area (Å²) in [4.78, 5) is 26.0. The molecule has 1 aliphatic carbocycles. The first-order valence-electron chi connectivity index (χ1n) is 7.84. The lowest BCUT2D eigenvalue weighted by atomic mass is 9.78. The van der Waals surface area contributed by atoms with Gasteiger partial charge in [0, 0.05) is 13.0 Å². The second-order valence-electron chi connectivity index (χ2n) is 6.06. The summed E-state index contributed by atoms with van der Waals surface area (Å²) in [5.74, 6) is 0.290. The van der Waals surface area contributed by atoms with E-state index in [4.69, 9.17) is 10.00 Å². The van der Waals surface area contributed by atoms with Crippen molar-refractivity contribution in [1.82, 2.24) is 5.32 Å². The highest BCUT2D eigenvalue weighted by atomic mass is 16.5. The number of anilines is 1. The largest absolute Gasteiger partial charge is 0.479 e. The van der Waals surface area contributed by atoms with Crippen LogP contribution >= 0.6 is 0 Å². The summed E-state index contributed by atoms with van der Waals surface area (Å²) < 4.78 is 5.57. The molecule has 0 saturated heterocycles. The molecule has 0 unspecified atom stereocenters. The number of hydrogen-bond donors (Lipinski definition) is 1. The van der Waals surface area contributed by atoms with E-state index in [2.05, 4.69) is 11.4 Å². The SMILES string of the molecule is C[C@H]1Oc2ccccc2N(CCC(=O)NC2(C#N)CCC2)C1=O. The quantitative estimate of drug-likeness (QED) is 0.918. The third-order valence-corrected chi connectivity index (χ3v) is 4.44. The molecule has 0 aromatic heterocycles. The molecule has 1 aromatic carbocycles. The van der Waals surface area contributed by atoms with Crippen LogP contribution in [0.2, 0.25) is 0 Å². The number of amides is 2. The molecule has 2 amide bonds. The first-order chi connectivity index (χ1) is 11.0. The normalized spacial score (nSPS) is 21.5. The molecule has 3 rings (SSSR count). The van der Waals surface area contributed by atoms with Crippen molar-refractivity contribution in [3.8, 4) is 11.8 Å². The number of para-hydroxylation sites is 2. The van der Waals surface area contributed by atoms with Crippen LogP contribution in [-0.2, 0) is 9.59 Å². The number of rotatable bonds is 4. The zero-order valence-electron chi connectivity index (χ0n) is 13.0. The van der Waals surface area contributed by atoms with E-state index in [0.29, 0.717) is 24.3 Å². The molecule has 23 heavy (non-hydrogen) atoms. The number of carbonyl (C=O) groups excluding carboxylic acids is 2. The molecule has 1 heterocycles. The van der Waals surface area contributed by atoms with Gasteiger partial charge < -0.3 is 15.0 Å². The van der Waals surface area contributed by atoms with Crippen molar-refractivity contribution in [2.45, 2.75) is 44.2 Å². The van der Waals surface area contributed by atoms with Crippen LogP contribution in [0.15, 0.2) is 24.3 Å². The van der Waals surface area contributed by atoms with Gasteiger partial charge >= 0.3 is 0 Å². The molecule has 0 spiro atoms. The Morgan fingerprint density at radius 3 is 2.87 bits per heavy atom. The van der Waals surface area contributed by atoms with Crippen molar-refractivity contribution in [1.29, 1.82) is 5.26 Å². The average Bonchev–Trinajstić information content (AvgIpc) is 2.51. The number of nitriles is 1. The van der Waals surface area contributed by atoms with Gasteiger partial charge in [0.1, 0.15) is 11.3 Å². The van der Waals surface area contributed by atoms with E-state index < -0.39 is 11.6 Å². The van der Waals surface area contributed by atoms with Gasteiger partial charge in [-0.15, -0.1) is 0 Å². The van der Waals surface area contributed by atoms with Crippen molar-refractivity contribution < 1.29 is 14.3 Å². The minimum Gasteiger partial charge on any atom is -0.479 e. The lowest BCUT2D eigenvalue weighted by Crippen LogP contribution is -2.53. The highest BCUT2D eigenvalue weighted by molar-refractivity contribution is 6.00. The highest BCUT2D eigenvalue weighted by Gasteiger charge is 2.39. The van der Waals surface area contributed by atoms with Gasteiger partial charge in [0.15, 0.2) is 6.10 Å². The molecule has 120 valence electrons. The molecule has 1 saturated carbocycles. The Morgan fingerprint density at radius 2 is 2.22 bits per heavy atom. The Balaban J connectivity index is 1.66. The predicted molar refractivity (Wildman–Crippen MR) is 83.8 cm³/mol. The van der Waals surface area contributed by atoms with E-state index in [1.807, 2.05) is 18.2 Å². The maximum Gasteiger partial charge on any atom is 0.267 e. The molecule has 6 heteroatoms. The van der Waals surface area contributed by atoms with Gasteiger partial charge in [-0.2, -0.15) is 5.26 Å². The van der Waals surface area contributed by atoms with E-state index in [-0.39, 0.29) is 24.8 Å². The third kappa shape index (κ3) is 2.87. The molecule has 0 radical (unpaired) electrons. The van der Waals surface area contributed by atoms with Crippen LogP contribution in [0.3, 0.4) is 0 Å². The maximum absolute atomic E-state index is 12.3. The summed E-state index contributed by atoms with van der Waals surface area (Å²) in [6, 6.07) is 9.48. The van der Waals surface area contributed by atoms with Gasteiger partial charge in [-0.3, -0.25) is 9.59 Å². The molecule has 6 nitrogen and oxygen atoms in total. The fourth-order valence-electron chi connectivity index (χ4n) is 2.93. The molecular formula is C17H19N3O3. The van der Waals surface area contributed by atoms with Crippen LogP contribution in [0.4, 0.5) is 5.69 Å². The number of ether oxygens (including phenoxy) is 1. The van der Waals surface area contributed by atoms with Crippen LogP contribution in [-0.4, -0.2) is 30.0 Å². The maximum atomic E-state index is 12.3. The van der Waals surface area contributed by atoms with Gasteiger partial charge in [-0.05, 0) is 38.3 Å². The molecule has 1 fully saturated rings. The zero-order valence-corrected chi connectivity index (χ0v) is 13.0. The number of nitrogens with zero attached hydrogens (tertiary/aromatic N) is 2. The monoisotopic (exact) mass is 313 g/mol. The van der Waals surface area contributed by atoms with Gasteiger partial charge in [-0.25, -0.2) is 0 Å². The second kappa shape index (κ2) is 5.92. The fourth-order valence-corrected chi connectivity index (χ4v) is 2.93. The Morgan fingerprint density at radius 1 is 1.48 bits per heavy atom. The van der Waals surface area contributed by atoms with E-state index in [0.717, 1.165) is 6.42 Å². The van der Waals surface area contributed by atoms with Crippen molar-refractivity contribution >= 4 is 17.5 Å². The van der Waals surface area contributed by atoms with E-state index in [9.17, 15) is 9.59 Å². The summed E-state index contributed by atoms with van der Waals surface area (Å²) in [6.07, 6.45) is 1.96. The molecule has 2 aliphatic rings. The van der Waals surface area contributed by atoms with E-state index in [1.54, 1.807) is 17.9 Å². The summed E-state index contributed by atoms with van der Waals surface area (Å²) in [7, 11) is 0. The van der Waals surface area contributed by atoms with E-state index in [1.165, 1.54) is 0 Å². The third-order valence-electron chi connectivity index (χ3n) is 4.44. The minimum absolute atomic E-state index is 0.157. The summed E-state index contributed by atoms with van der Waals surface area (Å²) in [5.41, 5.74) is -0.0147. The first kappa shape index (κ1) is 15.3. The Bertz CT molecular complexity index is 676. The number of carbonyl (C=O) groups is 2. The van der Waals surface area contributed by atoms with Crippen LogP contribution in [0.1, 0.15) is 32.6 Å². The molecule has 1 N–H and O–H groups in total. The Labute approximate surface area is 135 Å². The number of fused-ring (bicyclic) bond motifs is 1. The van der Waals surface area contributed by atoms with E-state index >= 15 is 0 Å². The van der Waals surface area contributed by atoms with Crippen LogP contribution in [0.25, 0.3) is 0 Å². The standard InChI is InChI=1S/C17H19N3O3/c1-12-16(22)20(13-5-2-3-6-14(13)23-12)10-7-15(21)19-17(11-18)8-4-9-17/h2-3,5-6,12H,4,7-10H2,1H3,(H,19,21)/t12-/m1/s1. The van der Waals surface area contributed by atoms with Crippen LogP contribution in [0, 0.1) is 11.3 Å². The van der Waals surface area contributed by atoms with Crippen LogP contribution in [0.5, 0.6) is 5.75 Å². The number of hydrogen-bond acceptors (Lipinski definition) is 4. The summed E-state index contributed by atoms with van der Waals surface area (Å²) in [6.45, 7) is 1.97. The second-order valence-corrected chi connectivity index (χ2v) is 6.06. The smallest absolute Gasteiger partial charge is 0.267 e. The minimum atomic E-state index is -0.697. The lowest BCUT2D eigenvalue weighted by Gasteiger charge is -2.36. The molecule has 1 atom stereocenters. The lowest BCUT2D eigenvalue weighted by molar-refractivity contribution is -0.126. The molecule has 1 aliphatic heterocycles. The zero-order chi connectivity index (χ0) is 16.4. The van der Waals surface area contributed by atoms with Crippen molar-refractivity contribution in [2.75, 3.05) is 11.4 Å². The average molecular weight is 313 g/mol. The molecule has 1 aromatic rings. The molecule has 0 bridgehead atoms. The highest BCUT2D eigenvalue weighted by Crippen LogP contribution is 2.34. The Hall–Kier alpha value is -2.55. The predicted octanol–water partition coefficient (Wildman–Crippen LogP) is 1.75. The van der Waals surface area contributed by atoms with Crippen molar-refractivity contribution in [3.63, 3.8) is 0 Å². The van der Waals surface area contributed by atoms with Gasteiger partial charge in [0.05, 0.1) is 11.8 Å². The number of benzene rings is 1. The topological polar surface area (TPSA) is 82.4 Å². The van der Waals surface area contributed by atoms with Gasteiger partial charge in [-0.1, -0.05) is 12.1 Å². The fraction of sp³-hybridized carbons (Fsp3) is 0.471. The number of nitrogens with one attached hydrogen (secondary N) is 1. The summed E-state index contributed by atoms with van der Waals surface area (Å²) in [5, 5.41) is 12.0. The van der Waals surface area contributed by atoms with Gasteiger partial charge in [0.2, 0.25) is 5.91 Å². The summed E-state index contributed by atoms with van der Waals surface area (Å²) >= 11 is 0. The molecular weight excluding hydrogens is 294 g/mol. The first-order valence-corrected chi connectivity index (χ1v) is 7.84.